The van der Waals surface area contributed by atoms with Crippen LogP contribution in [-0.4, -0.2) is 41.7 Å². The van der Waals surface area contributed by atoms with Crippen molar-refractivity contribution in [2.45, 2.75) is 64.5 Å². The fourth-order valence-electron chi connectivity index (χ4n) is 2.22. The monoisotopic (exact) mass is 316 g/mol. The lowest BCUT2D eigenvalue weighted by Gasteiger charge is -2.22. The molecule has 1 saturated carbocycles. The Hall–Kier alpha value is -0.910. The first-order chi connectivity index (χ1) is 9.87. The van der Waals surface area contributed by atoms with E-state index < -0.39 is 11.7 Å². The van der Waals surface area contributed by atoms with Gasteiger partial charge in [0.2, 0.25) is 5.91 Å². The molecule has 0 bridgehead atoms. The van der Waals surface area contributed by atoms with Gasteiger partial charge in [0.15, 0.2) is 0 Å². The summed E-state index contributed by atoms with van der Waals surface area (Å²) in [6.07, 6.45) is 5.54. The third-order valence-electron chi connectivity index (χ3n) is 3.12. The van der Waals surface area contributed by atoms with Crippen molar-refractivity contribution >= 4 is 23.8 Å². The van der Waals surface area contributed by atoms with E-state index in [9.17, 15) is 9.59 Å². The highest BCUT2D eigenvalue weighted by Crippen LogP contribution is 2.17. The highest BCUT2D eigenvalue weighted by molar-refractivity contribution is 7.99. The third-order valence-corrected chi connectivity index (χ3v) is 4.08. The summed E-state index contributed by atoms with van der Waals surface area (Å²) < 4.78 is 5.13. The summed E-state index contributed by atoms with van der Waals surface area (Å²) in [6.45, 7) is 6.00. The Morgan fingerprint density at radius 3 is 2.48 bits per heavy atom. The zero-order valence-electron chi connectivity index (χ0n) is 13.4. The summed E-state index contributed by atoms with van der Waals surface area (Å²) in [4.78, 5) is 23.1. The normalized spacial score (nSPS) is 16.3. The topological polar surface area (TPSA) is 67.4 Å². The first-order valence-electron chi connectivity index (χ1n) is 7.71. The smallest absolute Gasteiger partial charge is 0.407 e. The Bertz CT molecular complexity index is 336. The van der Waals surface area contributed by atoms with Gasteiger partial charge in [-0.1, -0.05) is 19.3 Å². The highest BCUT2D eigenvalue weighted by atomic mass is 32.2. The van der Waals surface area contributed by atoms with Crippen molar-refractivity contribution in [3.63, 3.8) is 0 Å². The largest absolute Gasteiger partial charge is 0.444 e. The average Bonchev–Trinajstić information content (AvgIpc) is 2.37. The van der Waals surface area contributed by atoms with Gasteiger partial charge in [0.25, 0.3) is 0 Å². The number of amides is 2. The Balaban J connectivity index is 2.00. The summed E-state index contributed by atoms with van der Waals surface area (Å²) >= 11 is 1.53. The molecular weight excluding hydrogens is 288 g/mol. The molecule has 0 atom stereocenters. The van der Waals surface area contributed by atoms with E-state index in [1.54, 1.807) is 0 Å². The van der Waals surface area contributed by atoms with Gasteiger partial charge in [-0.2, -0.15) is 11.8 Å². The van der Waals surface area contributed by atoms with Gasteiger partial charge in [-0.3, -0.25) is 4.79 Å². The number of carbonyl (C=O) groups is 2. The quantitative estimate of drug-likeness (QED) is 0.739. The Labute approximate surface area is 132 Å². The minimum Gasteiger partial charge on any atom is -0.444 e. The van der Waals surface area contributed by atoms with Gasteiger partial charge in [-0.25, -0.2) is 4.79 Å². The zero-order valence-corrected chi connectivity index (χ0v) is 14.2. The third kappa shape index (κ3) is 9.61. The zero-order chi connectivity index (χ0) is 15.7. The number of nitrogens with one attached hydrogen (secondary N) is 2. The second-order valence-electron chi connectivity index (χ2n) is 6.38. The van der Waals surface area contributed by atoms with Crippen LogP contribution in [0.1, 0.15) is 52.9 Å². The van der Waals surface area contributed by atoms with Crippen LogP contribution in [0.25, 0.3) is 0 Å². The number of carbonyl (C=O) groups excluding carboxylic acids is 2. The van der Waals surface area contributed by atoms with Crippen LogP contribution in [0.5, 0.6) is 0 Å². The van der Waals surface area contributed by atoms with Crippen LogP contribution in [0, 0.1) is 0 Å². The number of ether oxygens (including phenoxy) is 1. The van der Waals surface area contributed by atoms with Gasteiger partial charge in [-0.15, -0.1) is 0 Å². The van der Waals surface area contributed by atoms with Crippen LogP contribution in [0.4, 0.5) is 4.79 Å². The molecule has 1 aliphatic carbocycles. The van der Waals surface area contributed by atoms with E-state index in [1.165, 1.54) is 31.0 Å². The van der Waals surface area contributed by atoms with Crippen molar-refractivity contribution in [2.75, 3.05) is 18.1 Å². The van der Waals surface area contributed by atoms with E-state index in [4.69, 9.17) is 4.74 Å². The van der Waals surface area contributed by atoms with Gasteiger partial charge in [0, 0.05) is 18.3 Å². The molecule has 0 aliphatic heterocycles. The SMILES string of the molecule is CC(C)(C)OC(=O)NCCSCC(=O)NC1CCCCC1. The molecule has 0 heterocycles. The van der Waals surface area contributed by atoms with Gasteiger partial charge in [-0.05, 0) is 33.6 Å². The molecule has 0 aromatic rings. The van der Waals surface area contributed by atoms with Crippen molar-refractivity contribution in [1.82, 2.24) is 10.6 Å². The maximum atomic E-state index is 11.8. The maximum Gasteiger partial charge on any atom is 0.407 e. The predicted molar refractivity (Wildman–Crippen MR) is 86.6 cm³/mol. The Kier molecular flexibility index (Phi) is 7.93. The van der Waals surface area contributed by atoms with Crippen molar-refractivity contribution in [2.24, 2.45) is 0 Å². The van der Waals surface area contributed by atoms with Crippen molar-refractivity contribution < 1.29 is 14.3 Å². The molecule has 0 aromatic carbocycles. The van der Waals surface area contributed by atoms with Crippen LogP contribution < -0.4 is 10.6 Å². The van der Waals surface area contributed by atoms with E-state index in [-0.39, 0.29) is 5.91 Å². The molecular formula is C15H28N2O3S. The van der Waals surface area contributed by atoms with Gasteiger partial charge in [0.1, 0.15) is 5.60 Å². The maximum absolute atomic E-state index is 11.8. The molecule has 1 aliphatic rings. The molecule has 1 fully saturated rings. The molecule has 122 valence electrons. The van der Waals surface area contributed by atoms with Gasteiger partial charge < -0.3 is 15.4 Å². The molecule has 1 rings (SSSR count). The standard InChI is InChI=1S/C15H28N2O3S/c1-15(2,3)20-14(19)16-9-10-21-11-13(18)17-12-7-5-4-6-8-12/h12H,4-11H2,1-3H3,(H,16,19)(H,17,18). The first kappa shape index (κ1) is 18.1. The Morgan fingerprint density at radius 1 is 1.19 bits per heavy atom. The second kappa shape index (κ2) is 9.18. The van der Waals surface area contributed by atoms with Crippen molar-refractivity contribution in [3.05, 3.63) is 0 Å². The number of rotatable bonds is 6. The van der Waals surface area contributed by atoms with Crippen LogP contribution in [0.2, 0.25) is 0 Å². The number of hydrogen-bond acceptors (Lipinski definition) is 4. The summed E-state index contributed by atoms with van der Waals surface area (Å²) in [6, 6.07) is 0.367. The number of thioether (sulfide) groups is 1. The van der Waals surface area contributed by atoms with E-state index in [1.807, 2.05) is 20.8 Å². The second-order valence-corrected chi connectivity index (χ2v) is 7.49. The van der Waals surface area contributed by atoms with Crippen LogP contribution in [0.15, 0.2) is 0 Å². The highest BCUT2D eigenvalue weighted by Gasteiger charge is 2.16. The molecule has 0 saturated heterocycles. The molecule has 6 heteroatoms. The fourth-order valence-corrected chi connectivity index (χ4v) is 2.88. The van der Waals surface area contributed by atoms with E-state index in [0.717, 1.165) is 12.8 Å². The van der Waals surface area contributed by atoms with Crippen molar-refractivity contribution in [1.29, 1.82) is 0 Å². The average molecular weight is 316 g/mol. The molecule has 0 spiro atoms. The summed E-state index contributed by atoms with van der Waals surface area (Å²) in [5.41, 5.74) is -0.475. The number of alkyl carbamates (subject to hydrolysis) is 1. The molecule has 21 heavy (non-hydrogen) atoms. The van der Waals surface area contributed by atoms with Gasteiger partial charge in [0.05, 0.1) is 5.75 Å². The molecule has 0 radical (unpaired) electrons. The van der Waals surface area contributed by atoms with E-state index >= 15 is 0 Å². The molecule has 0 aromatic heterocycles. The Morgan fingerprint density at radius 2 is 1.86 bits per heavy atom. The number of hydrogen-bond donors (Lipinski definition) is 2. The van der Waals surface area contributed by atoms with Crippen LogP contribution in [0.3, 0.4) is 0 Å². The molecule has 2 N–H and O–H groups in total. The predicted octanol–water partition coefficient (Wildman–Crippen LogP) is 2.69. The van der Waals surface area contributed by atoms with Crippen LogP contribution in [-0.2, 0) is 9.53 Å². The summed E-state index contributed by atoms with van der Waals surface area (Å²) in [7, 11) is 0. The lowest BCUT2D eigenvalue weighted by Crippen LogP contribution is -2.37. The van der Waals surface area contributed by atoms with Crippen molar-refractivity contribution in [3.8, 4) is 0 Å². The molecule has 0 unspecified atom stereocenters. The van der Waals surface area contributed by atoms with E-state index in [0.29, 0.717) is 24.1 Å². The lowest BCUT2D eigenvalue weighted by atomic mass is 9.95. The van der Waals surface area contributed by atoms with Gasteiger partial charge >= 0.3 is 6.09 Å². The fraction of sp³-hybridized carbons (Fsp3) is 0.867. The minimum atomic E-state index is -0.475. The summed E-state index contributed by atoms with van der Waals surface area (Å²) in [5.74, 6) is 1.26. The molecule has 2 amide bonds. The minimum absolute atomic E-state index is 0.101. The van der Waals surface area contributed by atoms with Crippen LogP contribution >= 0.6 is 11.8 Å². The van der Waals surface area contributed by atoms with E-state index in [2.05, 4.69) is 10.6 Å². The lowest BCUT2D eigenvalue weighted by molar-refractivity contribution is -0.119. The first-order valence-corrected chi connectivity index (χ1v) is 8.86. The summed E-state index contributed by atoms with van der Waals surface area (Å²) in [5, 5.41) is 5.76. The molecule has 5 nitrogen and oxygen atoms in total.